The fraction of sp³-hybridized carbons (Fsp3) is 0.353. The summed E-state index contributed by atoms with van der Waals surface area (Å²) in [6.45, 7) is 2.97. The molecular formula is C17H21N3. The molecule has 1 atom stereocenters. The second kappa shape index (κ2) is 5.95. The lowest BCUT2D eigenvalue weighted by Crippen LogP contribution is -2.18. The Balaban J connectivity index is 1.80. The van der Waals surface area contributed by atoms with Crippen molar-refractivity contribution in [2.24, 2.45) is 0 Å². The van der Waals surface area contributed by atoms with E-state index in [4.69, 9.17) is 0 Å². The number of hydrogen-bond acceptors (Lipinski definition) is 3. The van der Waals surface area contributed by atoms with Crippen LogP contribution in [0.1, 0.15) is 36.9 Å². The van der Waals surface area contributed by atoms with Crippen LogP contribution in [0.4, 0.5) is 11.6 Å². The van der Waals surface area contributed by atoms with Gasteiger partial charge in [-0.05, 0) is 49.4 Å². The average Bonchev–Trinajstić information content (AvgIpc) is 2.48. The van der Waals surface area contributed by atoms with Crippen LogP contribution in [0.5, 0.6) is 0 Å². The van der Waals surface area contributed by atoms with Crippen molar-refractivity contribution in [3.63, 3.8) is 0 Å². The molecule has 2 aromatic rings. The average molecular weight is 267 g/mol. The molecule has 0 aliphatic heterocycles. The highest BCUT2D eigenvalue weighted by molar-refractivity contribution is 5.47. The van der Waals surface area contributed by atoms with Crippen LogP contribution in [0.2, 0.25) is 0 Å². The summed E-state index contributed by atoms with van der Waals surface area (Å²) < 4.78 is 0. The lowest BCUT2D eigenvalue weighted by molar-refractivity contribution is 0.599. The third-order valence-electron chi connectivity index (χ3n) is 3.80. The molecule has 3 nitrogen and oxygen atoms in total. The predicted octanol–water partition coefficient (Wildman–Crippen LogP) is 4.00. The summed E-state index contributed by atoms with van der Waals surface area (Å²) >= 11 is 0. The van der Waals surface area contributed by atoms with E-state index in [1.807, 2.05) is 18.2 Å². The van der Waals surface area contributed by atoms with Crippen molar-refractivity contribution in [2.75, 3.05) is 17.2 Å². The maximum Gasteiger partial charge on any atom is 0.128 e. The van der Waals surface area contributed by atoms with Gasteiger partial charge in [0.05, 0.1) is 6.04 Å². The van der Waals surface area contributed by atoms with Gasteiger partial charge in [0.15, 0.2) is 0 Å². The third kappa shape index (κ3) is 2.77. The van der Waals surface area contributed by atoms with Gasteiger partial charge in [-0.15, -0.1) is 0 Å². The number of aryl methyl sites for hydroxylation is 1. The van der Waals surface area contributed by atoms with Crippen LogP contribution in [-0.4, -0.2) is 11.5 Å². The van der Waals surface area contributed by atoms with Crippen LogP contribution in [0.15, 0.2) is 42.5 Å². The SMILES string of the molecule is CCNc1cccc(NC2CCCc3ccccc32)n1. The number of aromatic nitrogens is 1. The van der Waals surface area contributed by atoms with Gasteiger partial charge in [-0.2, -0.15) is 0 Å². The number of pyridine rings is 1. The number of anilines is 2. The first-order chi connectivity index (χ1) is 9.86. The van der Waals surface area contributed by atoms with Crippen LogP contribution >= 0.6 is 0 Å². The minimum Gasteiger partial charge on any atom is -0.370 e. The maximum atomic E-state index is 4.61. The monoisotopic (exact) mass is 267 g/mol. The van der Waals surface area contributed by atoms with Crippen molar-refractivity contribution >= 4 is 11.6 Å². The van der Waals surface area contributed by atoms with Crippen molar-refractivity contribution in [3.05, 3.63) is 53.6 Å². The van der Waals surface area contributed by atoms with Crippen LogP contribution in [0, 0.1) is 0 Å². The zero-order valence-electron chi connectivity index (χ0n) is 11.9. The van der Waals surface area contributed by atoms with Crippen LogP contribution in [0.25, 0.3) is 0 Å². The summed E-state index contributed by atoms with van der Waals surface area (Å²) in [4.78, 5) is 4.61. The first kappa shape index (κ1) is 13.0. The van der Waals surface area contributed by atoms with Crippen molar-refractivity contribution in [1.82, 2.24) is 4.98 Å². The van der Waals surface area contributed by atoms with Gasteiger partial charge in [0.1, 0.15) is 11.6 Å². The van der Waals surface area contributed by atoms with Gasteiger partial charge in [0, 0.05) is 6.54 Å². The summed E-state index contributed by atoms with van der Waals surface area (Å²) in [5.74, 6) is 1.88. The van der Waals surface area contributed by atoms with Crippen LogP contribution in [0.3, 0.4) is 0 Å². The van der Waals surface area contributed by atoms with Crippen LogP contribution < -0.4 is 10.6 Å². The Morgan fingerprint density at radius 3 is 2.85 bits per heavy atom. The Kier molecular flexibility index (Phi) is 3.86. The summed E-state index contributed by atoms with van der Waals surface area (Å²) in [5, 5.41) is 6.84. The van der Waals surface area contributed by atoms with E-state index in [0.29, 0.717) is 6.04 Å². The maximum absolute atomic E-state index is 4.61. The molecule has 1 aromatic carbocycles. The number of nitrogens with zero attached hydrogens (tertiary/aromatic N) is 1. The molecule has 20 heavy (non-hydrogen) atoms. The Hall–Kier alpha value is -2.03. The quantitative estimate of drug-likeness (QED) is 0.879. The molecule has 104 valence electrons. The van der Waals surface area contributed by atoms with E-state index >= 15 is 0 Å². The molecule has 0 saturated carbocycles. The molecule has 0 spiro atoms. The van der Waals surface area contributed by atoms with Gasteiger partial charge < -0.3 is 10.6 Å². The van der Waals surface area contributed by atoms with Crippen molar-refractivity contribution < 1.29 is 0 Å². The standard InChI is InChI=1S/C17H21N3/c1-2-18-16-11-6-12-17(20-16)19-15-10-5-8-13-7-3-4-9-14(13)15/h3-4,6-7,9,11-12,15H,2,5,8,10H2,1H3,(H2,18,19,20). The second-order valence-electron chi connectivity index (χ2n) is 5.23. The molecule has 1 aliphatic carbocycles. The fourth-order valence-electron chi connectivity index (χ4n) is 2.88. The molecule has 3 heteroatoms. The first-order valence-electron chi connectivity index (χ1n) is 7.42. The topological polar surface area (TPSA) is 37.0 Å². The molecular weight excluding hydrogens is 246 g/mol. The van der Waals surface area contributed by atoms with Crippen molar-refractivity contribution in [1.29, 1.82) is 0 Å². The van der Waals surface area contributed by atoms with E-state index in [2.05, 4.69) is 46.8 Å². The Bertz CT molecular complexity index is 580. The van der Waals surface area contributed by atoms with Gasteiger partial charge in [-0.3, -0.25) is 0 Å². The van der Waals surface area contributed by atoms with E-state index in [9.17, 15) is 0 Å². The van der Waals surface area contributed by atoms with Gasteiger partial charge in [0.25, 0.3) is 0 Å². The predicted molar refractivity (Wildman–Crippen MR) is 84.1 cm³/mol. The molecule has 1 aliphatic rings. The minimum atomic E-state index is 0.379. The van der Waals surface area contributed by atoms with Crippen LogP contribution in [-0.2, 0) is 6.42 Å². The molecule has 3 rings (SSSR count). The first-order valence-corrected chi connectivity index (χ1v) is 7.42. The second-order valence-corrected chi connectivity index (χ2v) is 5.23. The third-order valence-corrected chi connectivity index (χ3v) is 3.80. The highest BCUT2D eigenvalue weighted by Gasteiger charge is 2.19. The molecule has 1 unspecified atom stereocenters. The molecule has 0 bridgehead atoms. The molecule has 1 heterocycles. The zero-order valence-corrected chi connectivity index (χ0v) is 11.9. The number of benzene rings is 1. The van der Waals surface area contributed by atoms with Gasteiger partial charge in [-0.1, -0.05) is 30.3 Å². The van der Waals surface area contributed by atoms with Gasteiger partial charge >= 0.3 is 0 Å². The molecule has 2 N–H and O–H groups in total. The summed E-state index contributed by atoms with van der Waals surface area (Å²) in [5.41, 5.74) is 2.90. The van der Waals surface area contributed by atoms with E-state index in [1.165, 1.54) is 30.4 Å². The van der Waals surface area contributed by atoms with Gasteiger partial charge in [0.2, 0.25) is 0 Å². The van der Waals surface area contributed by atoms with E-state index in [0.717, 1.165) is 18.2 Å². The van der Waals surface area contributed by atoms with Crippen molar-refractivity contribution in [3.8, 4) is 0 Å². The lowest BCUT2D eigenvalue weighted by atomic mass is 9.88. The largest absolute Gasteiger partial charge is 0.370 e. The molecule has 1 aromatic heterocycles. The van der Waals surface area contributed by atoms with E-state index in [-0.39, 0.29) is 0 Å². The Morgan fingerprint density at radius 1 is 1.10 bits per heavy atom. The Morgan fingerprint density at radius 2 is 1.95 bits per heavy atom. The van der Waals surface area contributed by atoms with Crippen molar-refractivity contribution in [2.45, 2.75) is 32.2 Å². The van der Waals surface area contributed by atoms with E-state index < -0.39 is 0 Å². The summed E-state index contributed by atoms with van der Waals surface area (Å²) in [7, 11) is 0. The zero-order chi connectivity index (χ0) is 13.8. The summed E-state index contributed by atoms with van der Waals surface area (Å²) in [6, 6.07) is 15.2. The molecule has 0 fully saturated rings. The Labute approximate surface area is 120 Å². The highest BCUT2D eigenvalue weighted by Crippen LogP contribution is 2.32. The molecule has 0 amide bonds. The normalized spacial score (nSPS) is 17.4. The number of rotatable bonds is 4. The van der Waals surface area contributed by atoms with E-state index in [1.54, 1.807) is 0 Å². The number of fused-ring (bicyclic) bond motifs is 1. The number of hydrogen-bond donors (Lipinski definition) is 2. The summed E-state index contributed by atoms with van der Waals surface area (Å²) in [6.07, 6.45) is 3.60. The highest BCUT2D eigenvalue weighted by atomic mass is 15.1. The lowest BCUT2D eigenvalue weighted by Gasteiger charge is -2.26. The smallest absolute Gasteiger partial charge is 0.128 e. The number of nitrogens with one attached hydrogen (secondary N) is 2. The molecule has 0 saturated heterocycles. The van der Waals surface area contributed by atoms with Gasteiger partial charge in [-0.25, -0.2) is 4.98 Å². The minimum absolute atomic E-state index is 0.379. The molecule has 0 radical (unpaired) electrons. The fourth-order valence-corrected chi connectivity index (χ4v) is 2.88.